The molecule has 1 rings (SSSR count). The topological polar surface area (TPSA) is 148 Å². The SMILES string of the molecule is C=Cc1cc(OCCCCCCCCCCC(=O)OCCOCCOCCOCCOCCCCCCCCCCCC)cc(OCCCCCCCCCCC(CCOCCOCCOCCOCCCCCCCCCCCC)OO)c1. The van der Waals surface area contributed by atoms with Gasteiger partial charge < -0.3 is 52.1 Å². The molecule has 0 radical (unpaired) electrons. The number of benzene rings is 1. The lowest BCUT2D eigenvalue weighted by molar-refractivity contribution is -0.282. The van der Waals surface area contributed by atoms with Crippen molar-refractivity contribution in [2.45, 2.75) is 270 Å². The summed E-state index contributed by atoms with van der Waals surface area (Å²) in [6.07, 6.45) is 48.3. The average Bonchev–Trinajstić information content (AvgIpc) is 3.50. The molecule has 1 atom stereocenters. The summed E-state index contributed by atoms with van der Waals surface area (Å²) in [5, 5.41) is 9.38. The van der Waals surface area contributed by atoms with Crippen LogP contribution in [0.1, 0.15) is 270 Å². The van der Waals surface area contributed by atoms with Crippen molar-refractivity contribution in [3.8, 4) is 11.5 Å². The molecule has 0 fully saturated rings. The van der Waals surface area contributed by atoms with Gasteiger partial charge in [-0.15, -0.1) is 0 Å². The smallest absolute Gasteiger partial charge is 0.305 e. The molecule has 1 aromatic rings. The van der Waals surface area contributed by atoms with Gasteiger partial charge in [0.25, 0.3) is 0 Å². The number of esters is 1. The molecule has 0 amide bonds. The fourth-order valence-corrected chi connectivity index (χ4v) is 9.88. The summed E-state index contributed by atoms with van der Waals surface area (Å²) in [7, 11) is 0. The maximum atomic E-state index is 12.1. The first-order chi connectivity index (χ1) is 41.6. The van der Waals surface area contributed by atoms with Crippen molar-refractivity contribution in [2.24, 2.45) is 0 Å². The van der Waals surface area contributed by atoms with E-state index in [0.29, 0.717) is 119 Å². The second kappa shape index (κ2) is 68.1. The van der Waals surface area contributed by atoms with Gasteiger partial charge in [0.1, 0.15) is 18.1 Å². The molecular weight excluding hydrogens is 1060 g/mol. The van der Waals surface area contributed by atoms with Crippen LogP contribution in [-0.4, -0.2) is 143 Å². The molecule has 494 valence electrons. The summed E-state index contributed by atoms with van der Waals surface area (Å²) in [6, 6.07) is 6.05. The molecule has 0 saturated heterocycles. The second-order valence-corrected chi connectivity index (χ2v) is 22.8. The van der Waals surface area contributed by atoms with Gasteiger partial charge in [-0.1, -0.05) is 226 Å². The second-order valence-electron chi connectivity index (χ2n) is 22.8. The van der Waals surface area contributed by atoms with E-state index in [2.05, 4.69) is 20.4 Å². The highest BCUT2D eigenvalue weighted by Crippen LogP contribution is 2.25. The molecule has 0 spiro atoms. The summed E-state index contributed by atoms with van der Waals surface area (Å²) >= 11 is 0. The van der Waals surface area contributed by atoms with E-state index in [1.807, 2.05) is 24.3 Å². The minimum atomic E-state index is -0.189. The standard InChI is InChI=1S/C70H130O14/c1-4-7-9-11-13-15-19-25-31-37-44-73-49-52-76-55-57-78-54-51-75-48-43-67(84-72)41-35-29-23-17-21-27-33-39-46-81-68-63-66(6-3)64-69(65-68)82-47-40-34-28-22-18-24-30-36-42-70(71)83-62-61-80-60-59-79-58-56-77-53-50-74-45-38-32-26-20-16-14-12-10-8-5-2/h6,63-65,67,72H,3-5,7-62H2,1-2H3. The van der Waals surface area contributed by atoms with Gasteiger partial charge in [-0.05, 0) is 56.2 Å². The summed E-state index contributed by atoms with van der Waals surface area (Å²) < 4.78 is 62.6. The van der Waals surface area contributed by atoms with E-state index in [4.69, 9.17) is 57.0 Å². The molecule has 0 aliphatic heterocycles. The molecule has 14 heteroatoms. The fraction of sp³-hybridized carbons (Fsp3) is 0.871. The van der Waals surface area contributed by atoms with E-state index in [9.17, 15) is 10.1 Å². The Morgan fingerprint density at radius 3 is 1.01 bits per heavy atom. The Balaban J connectivity index is 1.86. The van der Waals surface area contributed by atoms with E-state index < -0.39 is 0 Å². The molecule has 0 bridgehead atoms. The van der Waals surface area contributed by atoms with Crippen molar-refractivity contribution in [3.63, 3.8) is 0 Å². The third-order valence-electron chi connectivity index (χ3n) is 15.1. The Hall–Kier alpha value is -2.37. The lowest BCUT2D eigenvalue weighted by atomic mass is 10.0. The number of carbonyl (C=O) groups is 1. The molecule has 1 unspecified atom stereocenters. The first-order valence-electron chi connectivity index (χ1n) is 34.7. The van der Waals surface area contributed by atoms with E-state index >= 15 is 0 Å². The lowest BCUT2D eigenvalue weighted by Crippen LogP contribution is -2.16. The Morgan fingerprint density at radius 2 is 0.655 bits per heavy atom. The van der Waals surface area contributed by atoms with Crippen molar-refractivity contribution in [2.75, 3.05) is 126 Å². The predicted octanol–water partition coefficient (Wildman–Crippen LogP) is 17.9. The Bertz CT molecular complexity index is 1470. The van der Waals surface area contributed by atoms with Gasteiger partial charge in [0.05, 0.1) is 105 Å². The summed E-state index contributed by atoms with van der Waals surface area (Å²) in [6.45, 7) is 19.4. The van der Waals surface area contributed by atoms with Gasteiger partial charge in [0.15, 0.2) is 0 Å². The Labute approximate surface area is 514 Å². The molecule has 0 aliphatic carbocycles. The molecule has 0 aromatic heterocycles. The quantitative estimate of drug-likeness (QED) is 0.0285. The van der Waals surface area contributed by atoms with Crippen LogP contribution in [0.25, 0.3) is 6.08 Å². The zero-order valence-corrected chi connectivity index (χ0v) is 54.4. The van der Waals surface area contributed by atoms with Crippen LogP contribution in [0.3, 0.4) is 0 Å². The molecule has 0 saturated carbocycles. The van der Waals surface area contributed by atoms with Crippen molar-refractivity contribution >= 4 is 12.0 Å². The normalized spacial score (nSPS) is 11.9. The molecule has 1 aromatic carbocycles. The van der Waals surface area contributed by atoms with Crippen LogP contribution in [0.2, 0.25) is 0 Å². The van der Waals surface area contributed by atoms with E-state index in [-0.39, 0.29) is 18.7 Å². The molecular formula is C70H130O14. The summed E-state index contributed by atoms with van der Waals surface area (Å²) in [5.41, 5.74) is 1.00. The lowest BCUT2D eigenvalue weighted by Gasteiger charge is -2.13. The maximum absolute atomic E-state index is 12.1. The number of ether oxygens (including phenoxy) is 11. The number of hydrogen-bond acceptors (Lipinski definition) is 14. The monoisotopic (exact) mass is 1190 g/mol. The Kier molecular flexibility index (Phi) is 64.6. The van der Waals surface area contributed by atoms with Crippen molar-refractivity contribution < 1.29 is 67.0 Å². The summed E-state index contributed by atoms with van der Waals surface area (Å²) in [5.74, 6) is 1.51. The van der Waals surface area contributed by atoms with Gasteiger partial charge in [-0.25, -0.2) is 4.89 Å². The van der Waals surface area contributed by atoms with Gasteiger partial charge in [0.2, 0.25) is 0 Å². The number of hydrogen-bond donors (Lipinski definition) is 1. The zero-order chi connectivity index (χ0) is 60.2. The van der Waals surface area contributed by atoms with Crippen LogP contribution in [0, 0.1) is 0 Å². The van der Waals surface area contributed by atoms with E-state index in [0.717, 1.165) is 107 Å². The number of carbonyl (C=O) groups excluding carboxylic acids is 1. The minimum Gasteiger partial charge on any atom is -0.493 e. The fourth-order valence-electron chi connectivity index (χ4n) is 9.88. The Morgan fingerprint density at radius 1 is 0.357 bits per heavy atom. The highest BCUT2D eigenvalue weighted by molar-refractivity contribution is 5.69. The minimum absolute atomic E-state index is 0.149. The molecule has 1 N–H and O–H groups in total. The average molecular weight is 1200 g/mol. The van der Waals surface area contributed by atoms with Crippen LogP contribution in [0.4, 0.5) is 0 Å². The molecule has 0 aliphatic rings. The number of unbranched alkanes of at least 4 members (excludes halogenated alkanes) is 32. The van der Waals surface area contributed by atoms with E-state index in [1.54, 1.807) is 0 Å². The summed E-state index contributed by atoms with van der Waals surface area (Å²) in [4.78, 5) is 16.8. The zero-order valence-electron chi connectivity index (χ0n) is 54.4. The highest BCUT2D eigenvalue weighted by Gasteiger charge is 2.10. The third kappa shape index (κ3) is 59.9. The van der Waals surface area contributed by atoms with Crippen LogP contribution in [0.5, 0.6) is 11.5 Å². The van der Waals surface area contributed by atoms with Crippen molar-refractivity contribution in [3.05, 3.63) is 30.3 Å². The van der Waals surface area contributed by atoms with Crippen LogP contribution in [-0.2, 0) is 52.3 Å². The first-order valence-corrected chi connectivity index (χ1v) is 34.7. The van der Waals surface area contributed by atoms with Crippen LogP contribution in [0.15, 0.2) is 24.8 Å². The maximum Gasteiger partial charge on any atom is 0.305 e. The van der Waals surface area contributed by atoms with Crippen molar-refractivity contribution in [1.29, 1.82) is 0 Å². The predicted molar refractivity (Wildman–Crippen MR) is 344 cm³/mol. The van der Waals surface area contributed by atoms with Crippen LogP contribution >= 0.6 is 0 Å². The molecule has 84 heavy (non-hydrogen) atoms. The largest absolute Gasteiger partial charge is 0.493 e. The van der Waals surface area contributed by atoms with E-state index in [1.165, 1.54) is 161 Å². The highest BCUT2D eigenvalue weighted by atomic mass is 17.1. The van der Waals surface area contributed by atoms with Gasteiger partial charge in [-0.2, -0.15) is 0 Å². The third-order valence-corrected chi connectivity index (χ3v) is 15.1. The van der Waals surface area contributed by atoms with Crippen LogP contribution < -0.4 is 9.47 Å². The first kappa shape index (κ1) is 79.6. The van der Waals surface area contributed by atoms with Gasteiger partial charge in [-0.3, -0.25) is 10.1 Å². The molecule has 0 heterocycles. The van der Waals surface area contributed by atoms with Gasteiger partial charge >= 0.3 is 5.97 Å². The van der Waals surface area contributed by atoms with Gasteiger partial charge in [0, 0.05) is 38.7 Å². The van der Waals surface area contributed by atoms with Crippen molar-refractivity contribution in [1.82, 2.24) is 0 Å². The molecule has 14 nitrogen and oxygen atoms in total. The number of rotatable bonds is 72.